The van der Waals surface area contributed by atoms with Crippen molar-refractivity contribution in [2.75, 3.05) is 13.7 Å². The summed E-state index contributed by atoms with van der Waals surface area (Å²) in [5.74, 6) is -0.0354. The van der Waals surface area contributed by atoms with Crippen LogP contribution in [0.4, 0.5) is 0 Å². The molecule has 0 radical (unpaired) electrons. The molecule has 0 unspecified atom stereocenters. The normalized spacial score (nSPS) is 19.1. The van der Waals surface area contributed by atoms with E-state index in [1.165, 1.54) is 0 Å². The Morgan fingerprint density at radius 2 is 2.12 bits per heavy atom. The maximum atomic E-state index is 12.1. The summed E-state index contributed by atoms with van der Waals surface area (Å²) in [4.78, 5) is 17.8. The molecule has 2 N–H and O–H groups in total. The molecule has 0 bridgehead atoms. The fourth-order valence-electron chi connectivity index (χ4n) is 5.21. The van der Waals surface area contributed by atoms with E-state index in [0.717, 1.165) is 52.7 Å². The van der Waals surface area contributed by atoms with Crippen LogP contribution in [0.2, 0.25) is 0 Å². The zero-order valence-electron chi connectivity index (χ0n) is 18.9. The first-order chi connectivity index (χ1) is 16.1. The van der Waals surface area contributed by atoms with Gasteiger partial charge < -0.3 is 14.8 Å². The molecule has 0 aliphatic carbocycles. The Kier molecular flexibility index (Phi) is 5.64. The second kappa shape index (κ2) is 8.75. The molecule has 0 amide bonds. The van der Waals surface area contributed by atoms with Crippen molar-refractivity contribution >= 4 is 16.9 Å². The molecule has 3 heterocycles. The SMILES string of the molecule is COc1cc(C)c2[nH]ccc2c1CN1CC[C@@H](n2cccn2)C[C@H]1c1ccccc1C(=O)O. The van der Waals surface area contributed by atoms with Gasteiger partial charge in [0.1, 0.15) is 5.75 Å². The zero-order chi connectivity index (χ0) is 22.9. The minimum absolute atomic E-state index is 0.0553. The standard InChI is InChI=1S/C26H28N4O3/c1-17-14-24(33-2)22(20-8-11-27-25(17)20)16-29-13-9-18(30-12-5-10-28-30)15-23(29)19-6-3-4-7-21(19)26(31)32/h3-8,10-12,14,18,23,27H,9,13,15-16H2,1-2H3,(H,31,32)/t18-,23+/m1/s1. The van der Waals surface area contributed by atoms with Crippen LogP contribution in [0, 0.1) is 6.92 Å². The number of carbonyl (C=O) groups is 1. The largest absolute Gasteiger partial charge is 0.496 e. The number of likely N-dealkylation sites (tertiary alicyclic amines) is 1. The van der Waals surface area contributed by atoms with Crippen molar-refractivity contribution in [1.82, 2.24) is 19.7 Å². The van der Waals surface area contributed by atoms with Gasteiger partial charge >= 0.3 is 5.97 Å². The highest BCUT2D eigenvalue weighted by molar-refractivity contribution is 5.90. The predicted molar refractivity (Wildman–Crippen MR) is 127 cm³/mol. The summed E-state index contributed by atoms with van der Waals surface area (Å²) >= 11 is 0. The Bertz CT molecular complexity index is 1280. The maximum absolute atomic E-state index is 12.1. The number of hydrogen-bond acceptors (Lipinski definition) is 4. The fourth-order valence-corrected chi connectivity index (χ4v) is 5.21. The molecule has 2 atom stereocenters. The molecule has 2 aromatic carbocycles. The third kappa shape index (κ3) is 3.89. The van der Waals surface area contributed by atoms with Crippen LogP contribution in [0.1, 0.15) is 52.0 Å². The number of benzene rings is 2. The van der Waals surface area contributed by atoms with Gasteiger partial charge in [0.05, 0.1) is 18.7 Å². The summed E-state index contributed by atoms with van der Waals surface area (Å²) in [7, 11) is 1.71. The average molecular weight is 445 g/mol. The topological polar surface area (TPSA) is 83.4 Å². The first-order valence-corrected chi connectivity index (χ1v) is 11.3. The Hall–Kier alpha value is -3.58. The Morgan fingerprint density at radius 1 is 1.27 bits per heavy atom. The highest BCUT2D eigenvalue weighted by Gasteiger charge is 2.33. The summed E-state index contributed by atoms with van der Waals surface area (Å²) in [6, 6.07) is 13.6. The molecular formula is C26H28N4O3. The van der Waals surface area contributed by atoms with Gasteiger partial charge in [0.15, 0.2) is 0 Å². The number of carboxylic acid groups (broad SMARTS) is 1. The molecule has 1 fully saturated rings. The van der Waals surface area contributed by atoms with E-state index < -0.39 is 5.97 Å². The van der Waals surface area contributed by atoms with Crippen molar-refractivity contribution in [1.29, 1.82) is 0 Å². The molecule has 5 rings (SSSR count). The van der Waals surface area contributed by atoms with Gasteiger partial charge in [-0.1, -0.05) is 18.2 Å². The van der Waals surface area contributed by atoms with Crippen molar-refractivity contribution in [2.24, 2.45) is 0 Å². The number of aromatic nitrogens is 3. The van der Waals surface area contributed by atoms with Crippen molar-refractivity contribution in [2.45, 2.75) is 38.4 Å². The van der Waals surface area contributed by atoms with Gasteiger partial charge in [-0.05, 0) is 55.2 Å². The number of methoxy groups -OCH3 is 1. The van der Waals surface area contributed by atoms with E-state index >= 15 is 0 Å². The van der Waals surface area contributed by atoms with Crippen LogP contribution in [0.3, 0.4) is 0 Å². The molecule has 4 aromatic rings. The lowest BCUT2D eigenvalue weighted by Gasteiger charge is -2.40. The Morgan fingerprint density at radius 3 is 2.88 bits per heavy atom. The van der Waals surface area contributed by atoms with E-state index in [-0.39, 0.29) is 12.1 Å². The number of H-pyrrole nitrogens is 1. The van der Waals surface area contributed by atoms with Crippen LogP contribution >= 0.6 is 0 Å². The molecule has 2 aromatic heterocycles. The average Bonchev–Trinajstić information content (AvgIpc) is 3.54. The highest BCUT2D eigenvalue weighted by Crippen LogP contribution is 2.41. The monoisotopic (exact) mass is 444 g/mol. The van der Waals surface area contributed by atoms with E-state index in [2.05, 4.69) is 34.0 Å². The van der Waals surface area contributed by atoms with Crippen LogP contribution in [-0.2, 0) is 6.54 Å². The summed E-state index contributed by atoms with van der Waals surface area (Å²) in [6.07, 6.45) is 7.48. The highest BCUT2D eigenvalue weighted by atomic mass is 16.5. The van der Waals surface area contributed by atoms with Crippen molar-refractivity contribution in [3.63, 3.8) is 0 Å². The number of aromatic carboxylic acids is 1. The Balaban J connectivity index is 1.57. The molecule has 170 valence electrons. The molecule has 33 heavy (non-hydrogen) atoms. The van der Waals surface area contributed by atoms with Crippen molar-refractivity contribution < 1.29 is 14.6 Å². The molecule has 1 aliphatic rings. The summed E-state index contributed by atoms with van der Waals surface area (Å²) in [6.45, 7) is 3.57. The second-order valence-electron chi connectivity index (χ2n) is 8.68. The van der Waals surface area contributed by atoms with Gasteiger partial charge in [-0.25, -0.2) is 4.79 Å². The number of carboxylic acids is 1. The van der Waals surface area contributed by atoms with Crippen molar-refractivity contribution in [3.8, 4) is 5.75 Å². The van der Waals surface area contributed by atoms with Crippen LogP contribution in [0.25, 0.3) is 10.9 Å². The summed E-state index contributed by atoms with van der Waals surface area (Å²) in [5.41, 5.74) is 4.57. The quantitative estimate of drug-likeness (QED) is 0.439. The van der Waals surface area contributed by atoms with Crippen LogP contribution in [-0.4, -0.2) is 44.4 Å². The fraction of sp³-hybridized carbons (Fsp3) is 0.308. The van der Waals surface area contributed by atoms with Gasteiger partial charge in [0.25, 0.3) is 0 Å². The van der Waals surface area contributed by atoms with E-state index in [0.29, 0.717) is 12.1 Å². The number of nitrogens with zero attached hydrogens (tertiary/aromatic N) is 3. The van der Waals surface area contributed by atoms with Gasteiger partial charge in [0, 0.05) is 54.2 Å². The zero-order valence-corrected chi connectivity index (χ0v) is 18.9. The van der Waals surface area contributed by atoms with Crippen LogP contribution < -0.4 is 4.74 Å². The molecule has 1 aliphatic heterocycles. The summed E-state index contributed by atoms with van der Waals surface area (Å²) in [5, 5.41) is 15.5. The molecule has 7 heteroatoms. The number of nitrogens with one attached hydrogen (secondary N) is 1. The molecular weight excluding hydrogens is 416 g/mol. The predicted octanol–water partition coefficient (Wildman–Crippen LogP) is 4.96. The van der Waals surface area contributed by atoms with Crippen LogP contribution in [0.15, 0.2) is 61.1 Å². The second-order valence-corrected chi connectivity index (χ2v) is 8.68. The number of aromatic amines is 1. The lowest BCUT2D eigenvalue weighted by atomic mass is 9.88. The lowest BCUT2D eigenvalue weighted by Crippen LogP contribution is -2.38. The Labute approximate surface area is 192 Å². The third-order valence-electron chi connectivity index (χ3n) is 6.83. The van der Waals surface area contributed by atoms with E-state index in [4.69, 9.17) is 4.74 Å². The summed E-state index contributed by atoms with van der Waals surface area (Å²) < 4.78 is 7.78. The molecule has 0 spiro atoms. The minimum Gasteiger partial charge on any atom is -0.496 e. The first kappa shape index (κ1) is 21.3. The minimum atomic E-state index is -0.896. The molecule has 1 saturated heterocycles. The number of rotatable bonds is 6. The van der Waals surface area contributed by atoms with Gasteiger partial charge in [0.2, 0.25) is 0 Å². The molecule has 7 nitrogen and oxygen atoms in total. The maximum Gasteiger partial charge on any atom is 0.336 e. The third-order valence-corrected chi connectivity index (χ3v) is 6.83. The van der Waals surface area contributed by atoms with E-state index in [9.17, 15) is 9.90 Å². The van der Waals surface area contributed by atoms with E-state index in [1.54, 1.807) is 25.4 Å². The van der Waals surface area contributed by atoms with Gasteiger partial charge in [-0.15, -0.1) is 0 Å². The first-order valence-electron chi connectivity index (χ1n) is 11.3. The number of ether oxygens (including phenoxy) is 1. The van der Waals surface area contributed by atoms with Crippen LogP contribution in [0.5, 0.6) is 5.75 Å². The van der Waals surface area contributed by atoms with Crippen molar-refractivity contribution in [3.05, 3.63) is 83.3 Å². The van der Waals surface area contributed by atoms with Gasteiger partial charge in [-0.2, -0.15) is 5.10 Å². The number of fused-ring (bicyclic) bond motifs is 1. The number of piperidine rings is 1. The lowest BCUT2D eigenvalue weighted by molar-refractivity contribution is 0.0682. The smallest absolute Gasteiger partial charge is 0.336 e. The number of aryl methyl sites for hydroxylation is 1. The van der Waals surface area contributed by atoms with Gasteiger partial charge in [-0.3, -0.25) is 9.58 Å². The molecule has 0 saturated carbocycles. The number of hydrogen-bond donors (Lipinski definition) is 2. The van der Waals surface area contributed by atoms with E-state index in [1.807, 2.05) is 35.3 Å².